The van der Waals surface area contributed by atoms with Crippen molar-refractivity contribution in [1.29, 1.82) is 0 Å². The number of anilines is 18. The van der Waals surface area contributed by atoms with Gasteiger partial charge in [-0.25, -0.2) is 29.1 Å². The van der Waals surface area contributed by atoms with Gasteiger partial charge in [0.05, 0.1) is 113 Å². The summed E-state index contributed by atoms with van der Waals surface area (Å²) in [6.07, 6.45) is 0.524. The van der Waals surface area contributed by atoms with Gasteiger partial charge in [-0.2, -0.15) is 0 Å². The lowest BCUT2D eigenvalue weighted by atomic mass is 10.0. The smallest absolute Gasteiger partial charge is 0.219 e. The number of aryl methyl sites for hydroxylation is 14. The molecule has 0 spiro atoms. The van der Waals surface area contributed by atoms with Gasteiger partial charge in [-0.05, 0) is 278 Å². The topological polar surface area (TPSA) is 91.2 Å². The molecule has 24 nitrogen and oxygen atoms in total. The van der Waals surface area contributed by atoms with Crippen LogP contribution in [-0.4, -0.2) is 79.3 Å². The molecule has 0 aromatic heterocycles. The van der Waals surface area contributed by atoms with E-state index in [4.69, 9.17) is 78.9 Å². The van der Waals surface area contributed by atoms with Crippen LogP contribution in [-0.2, 0) is 0 Å². The van der Waals surface area contributed by atoms with Gasteiger partial charge in [0.1, 0.15) is 37.0 Å². The molecule has 6 heterocycles. The summed E-state index contributed by atoms with van der Waals surface area (Å²) in [6.45, 7) is 134. The molecule has 0 aliphatic carbocycles. The van der Waals surface area contributed by atoms with Crippen LogP contribution in [0.1, 0.15) is 125 Å². The van der Waals surface area contributed by atoms with E-state index in [1.165, 1.54) is 77.9 Å². The van der Waals surface area contributed by atoms with Crippen LogP contribution in [0.25, 0.3) is 58.1 Å². The van der Waals surface area contributed by atoms with Crippen LogP contribution in [0.5, 0.6) is 0 Å². The van der Waals surface area contributed by atoms with Gasteiger partial charge in [-0.15, -0.1) is 0 Å². The Hall–Kier alpha value is -17.9. The highest BCUT2D eigenvalue weighted by Gasteiger charge is 2.43. The minimum atomic E-state index is 0.0846. The molecule has 141 heavy (non-hydrogen) atoms. The summed E-state index contributed by atoms with van der Waals surface area (Å²) in [5.74, 6) is 0. The molecule has 24 heteroatoms. The van der Waals surface area contributed by atoms with Crippen molar-refractivity contribution in [3.63, 3.8) is 0 Å². The lowest BCUT2D eigenvalue weighted by molar-refractivity contribution is 0.731. The summed E-state index contributed by atoms with van der Waals surface area (Å²) in [6, 6.07) is 54.1. The zero-order valence-electron chi connectivity index (χ0n) is 85.3. The first-order valence-corrected chi connectivity index (χ1v) is 46.3. The minimum Gasteiger partial charge on any atom is -0.354 e. The Morgan fingerprint density at radius 2 is 0.411 bits per heavy atom. The predicted octanol–water partition coefficient (Wildman–Crippen LogP) is 33.0. The van der Waals surface area contributed by atoms with Gasteiger partial charge in [0, 0.05) is 111 Å². The summed E-state index contributed by atoms with van der Waals surface area (Å²) in [5.41, 5.74) is 40.8. The second-order valence-electron chi connectivity index (χ2n) is 36.8. The van der Waals surface area contributed by atoms with Crippen molar-refractivity contribution in [3.05, 3.63) is 384 Å². The lowest BCUT2D eigenvalue weighted by Gasteiger charge is -2.31. The maximum Gasteiger partial charge on any atom is 0.219 e. The maximum absolute atomic E-state index is 7.62. The number of hydrogen-bond donors (Lipinski definition) is 0. The average molecular weight is 1860 g/mol. The fraction of sp³-hybridized carbons (Fsp3) is 0.282. The van der Waals surface area contributed by atoms with Crippen molar-refractivity contribution in [3.8, 4) is 0 Å². The standard InChI is InChI=1S/3C20H20N4.3C19H18N4/c1-12-10-14(3)18(11-13(12)2)24-15(4)23(7)17-9-8-16(21-5)19(22-6)20(17)24;1-12-10-13(2)14(3)18(11-12)24-15(4)23(7)17-9-8-16(21-5)19(22-6)20(17)24;1-12-10-13(2)19(14(3)11-12)24-15(4)23(7)17-9-8-16(21-5)18(22-6)20(17)24;1-12-7-9-16(13(2)11-12)23-14(3)22(6)17-10-8-15(20-4)18(21-5)19(17)23;1-12-7-8-13(2)17(11-12)23-14(3)22(6)16-10-9-15(20-4)18(21-5)19(16)23;1-12-8-7-9-13(2)18(12)23-14(3)22(6)16-11-10-15(20-4)17(21-5)19(16)23/h3*8-11,15H,1-4,7H3;3*7-11,14H,1-3,6H3/t3*15-;3*14-/m000000/s1. The Morgan fingerprint density at radius 3 is 0.730 bits per heavy atom. The van der Waals surface area contributed by atoms with Crippen LogP contribution in [0.2, 0.25) is 0 Å². The van der Waals surface area contributed by atoms with Gasteiger partial charge in [0.25, 0.3) is 0 Å². The third kappa shape index (κ3) is 17.6. The first kappa shape index (κ1) is 101. The number of benzene rings is 12. The van der Waals surface area contributed by atoms with Crippen molar-refractivity contribution >= 4 is 171 Å². The van der Waals surface area contributed by atoms with Gasteiger partial charge in [0.15, 0.2) is 34.1 Å². The normalized spacial score (nSPS) is 15.9. The Bertz CT molecular complexity index is 7640. The summed E-state index contributed by atoms with van der Waals surface area (Å²) in [5, 5.41) is 0. The second-order valence-corrected chi connectivity index (χ2v) is 36.8. The summed E-state index contributed by atoms with van der Waals surface area (Å²) in [4.78, 5) is 69.4. The number of rotatable bonds is 6. The van der Waals surface area contributed by atoms with Crippen molar-refractivity contribution in [2.75, 3.05) is 101 Å². The molecule has 12 aromatic carbocycles. The maximum atomic E-state index is 7.62. The minimum absolute atomic E-state index is 0.0846. The van der Waals surface area contributed by atoms with E-state index in [1.54, 1.807) is 36.4 Å². The number of hydrogen-bond acceptors (Lipinski definition) is 12. The van der Waals surface area contributed by atoms with Crippen LogP contribution < -0.4 is 58.8 Å². The van der Waals surface area contributed by atoms with E-state index in [9.17, 15) is 0 Å². The molecule has 0 fully saturated rings. The number of nitrogens with zero attached hydrogens (tertiary/aromatic N) is 24. The van der Waals surface area contributed by atoms with Gasteiger partial charge < -0.3 is 58.8 Å². The molecule has 0 amide bonds. The highest BCUT2D eigenvalue weighted by Crippen LogP contribution is 2.61. The van der Waals surface area contributed by atoms with Gasteiger partial charge in [-0.3, -0.25) is 29.1 Å². The van der Waals surface area contributed by atoms with E-state index in [0.717, 1.165) is 108 Å². The third-order valence-electron chi connectivity index (χ3n) is 28.3. The highest BCUT2D eigenvalue weighted by molar-refractivity contribution is 6.06. The van der Waals surface area contributed by atoms with E-state index in [0.29, 0.717) is 68.2 Å². The molecule has 6 aliphatic heterocycles. The van der Waals surface area contributed by atoms with E-state index < -0.39 is 0 Å². The van der Waals surface area contributed by atoms with Crippen LogP contribution >= 0.6 is 0 Å². The number of para-hydroxylation sites is 1. The summed E-state index contributed by atoms with van der Waals surface area (Å²) in [7, 11) is 12.2. The third-order valence-corrected chi connectivity index (χ3v) is 28.3. The Balaban J connectivity index is 0.000000142. The Kier molecular flexibility index (Phi) is 28.9. The van der Waals surface area contributed by atoms with E-state index in [1.807, 2.05) is 84.8 Å². The fourth-order valence-corrected chi connectivity index (χ4v) is 20.2. The molecular weight excluding hydrogens is 1740 g/mol. The fourth-order valence-electron chi connectivity index (χ4n) is 20.2. The monoisotopic (exact) mass is 1850 g/mol. The van der Waals surface area contributed by atoms with Crippen LogP contribution in [0.15, 0.2) is 164 Å². The molecule has 0 N–H and O–H groups in total. The first-order chi connectivity index (χ1) is 67.2. The van der Waals surface area contributed by atoms with Crippen molar-refractivity contribution in [2.24, 2.45) is 0 Å². The molecule has 0 radical (unpaired) electrons. The molecule has 18 rings (SSSR count). The SMILES string of the molecule is [C-]#[N+]c1ccc2c(c1[N+]#[C-])N(c1c(C)cc(C)cc1C)[C@@H](C)N2C.[C-]#[N+]c1ccc2c(c1[N+]#[C-])N(c1c(C)cccc1C)[C@@H](C)N2C.[C-]#[N+]c1ccc2c(c1[N+]#[C-])N(c1cc(C)c(C)cc1C)[C@@H](C)N2C.[C-]#[N+]c1ccc2c(c1[N+]#[C-])N(c1cc(C)cc(C)c1C)[C@@H](C)N2C.[C-]#[N+]c1ccc2c(c1[N+]#[C-])N(c1cc(C)ccc1C)[C@@H](C)N2C.[C-]#[N+]c1ccc2c(c1[N+]#[C-])N(c1ccc(C)cc1C)[C@@H](C)N2C. The van der Waals surface area contributed by atoms with Crippen molar-refractivity contribution < 1.29 is 0 Å². The Labute approximate surface area is 833 Å². The summed E-state index contributed by atoms with van der Waals surface area (Å²) < 4.78 is 0. The summed E-state index contributed by atoms with van der Waals surface area (Å²) >= 11 is 0. The Morgan fingerprint density at radius 1 is 0.177 bits per heavy atom. The lowest BCUT2D eigenvalue weighted by Crippen LogP contribution is -2.36. The first-order valence-electron chi connectivity index (χ1n) is 46.3. The quantitative estimate of drug-likeness (QED) is 0.149. The van der Waals surface area contributed by atoms with Crippen molar-refractivity contribution in [1.82, 2.24) is 0 Å². The highest BCUT2D eigenvalue weighted by atomic mass is 15.5. The molecule has 702 valence electrons. The molecule has 12 aromatic rings. The molecule has 0 bridgehead atoms. The second kappa shape index (κ2) is 40.6. The van der Waals surface area contributed by atoms with Gasteiger partial charge in [0.2, 0.25) is 34.1 Å². The molecular formula is C117H114N24. The molecule has 6 aliphatic rings. The van der Waals surface area contributed by atoms with Gasteiger partial charge >= 0.3 is 0 Å². The van der Waals surface area contributed by atoms with Crippen LogP contribution in [0.4, 0.5) is 171 Å². The molecule has 0 unspecified atom stereocenters. The average Bonchev–Trinajstić information content (AvgIpc) is 1.63. The van der Waals surface area contributed by atoms with E-state index >= 15 is 0 Å². The van der Waals surface area contributed by atoms with Gasteiger partial charge in [-0.1, -0.05) is 114 Å². The predicted molar refractivity (Wildman–Crippen MR) is 584 cm³/mol. The molecule has 0 saturated heterocycles. The zero-order chi connectivity index (χ0) is 103. The zero-order valence-corrected chi connectivity index (χ0v) is 85.3. The van der Waals surface area contributed by atoms with E-state index in [-0.39, 0.29) is 37.0 Å². The largest absolute Gasteiger partial charge is 0.354 e. The molecule has 6 atom stereocenters. The van der Waals surface area contributed by atoms with E-state index in [2.05, 4.69) is 347 Å². The van der Waals surface area contributed by atoms with Crippen LogP contribution in [0.3, 0.4) is 0 Å². The molecule has 0 saturated carbocycles. The van der Waals surface area contributed by atoms with Crippen LogP contribution in [0, 0.1) is 183 Å². The van der Waals surface area contributed by atoms with Crippen molar-refractivity contribution in [2.45, 2.75) is 182 Å². The number of fused-ring (bicyclic) bond motifs is 6.